The fourth-order valence-electron chi connectivity index (χ4n) is 2.16. The molecule has 0 fully saturated rings. The Morgan fingerprint density at radius 2 is 1.86 bits per heavy atom. The first-order valence-electron chi connectivity index (χ1n) is 7.21. The third kappa shape index (κ3) is 4.99. The predicted octanol–water partition coefficient (Wildman–Crippen LogP) is 3.23. The Balaban J connectivity index is 1.87. The molecule has 0 radical (unpaired) electrons. The van der Waals surface area contributed by atoms with Gasteiger partial charge in [0.25, 0.3) is 0 Å². The second kappa shape index (κ2) is 7.96. The molecule has 1 amide bonds. The van der Waals surface area contributed by atoms with Crippen LogP contribution in [0.25, 0.3) is 0 Å². The van der Waals surface area contributed by atoms with Crippen molar-refractivity contribution in [3.05, 3.63) is 58.3 Å². The van der Waals surface area contributed by atoms with E-state index in [-0.39, 0.29) is 5.91 Å². The monoisotopic (exact) mass is 302 g/mol. The molecule has 2 rings (SSSR count). The van der Waals surface area contributed by atoms with Crippen LogP contribution < -0.4 is 0 Å². The summed E-state index contributed by atoms with van der Waals surface area (Å²) in [5.74, 6) is 0.168. The van der Waals surface area contributed by atoms with Crippen molar-refractivity contribution in [2.45, 2.75) is 20.0 Å². The summed E-state index contributed by atoms with van der Waals surface area (Å²) in [6, 6.07) is 14.4. The van der Waals surface area contributed by atoms with Crippen LogP contribution in [0.2, 0.25) is 0 Å². The van der Waals surface area contributed by atoms with Crippen LogP contribution in [0.5, 0.6) is 0 Å². The van der Waals surface area contributed by atoms with Gasteiger partial charge in [-0.3, -0.25) is 9.69 Å². The minimum absolute atomic E-state index is 0.168. The quantitative estimate of drug-likeness (QED) is 0.784. The van der Waals surface area contributed by atoms with Crippen molar-refractivity contribution < 1.29 is 4.79 Å². The molecule has 3 nitrogen and oxygen atoms in total. The zero-order chi connectivity index (χ0) is 15.1. The first-order chi connectivity index (χ1) is 10.2. The number of nitrogens with zero attached hydrogens (tertiary/aromatic N) is 2. The van der Waals surface area contributed by atoms with Gasteiger partial charge in [0.15, 0.2) is 0 Å². The van der Waals surface area contributed by atoms with Gasteiger partial charge in [-0.1, -0.05) is 43.3 Å². The molecule has 1 aromatic carbocycles. The predicted molar refractivity (Wildman–Crippen MR) is 88.2 cm³/mol. The fourth-order valence-corrected chi connectivity index (χ4v) is 2.91. The van der Waals surface area contributed by atoms with Crippen molar-refractivity contribution in [2.75, 3.05) is 20.1 Å². The summed E-state index contributed by atoms with van der Waals surface area (Å²) in [5, 5.41) is 2.04. The molecule has 0 aliphatic heterocycles. The van der Waals surface area contributed by atoms with Gasteiger partial charge in [0.05, 0.1) is 13.1 Å². The van der Waals surface area contributed by atoms with E-state index < -0.39 is 0 Å². The van der Waals surface area contributed by atoms with Crippen molar-refractivity contribution in [1.29, 1.82) is 0 Å². The van der Waals surface area contributed by atoms with Gasteiger partial charge in [-0.2, -0.15) is 0 Å². The number of amides is 1. The van der Waals surface area contributed by atoms with Gasteiger partial charge in [0.1, 0.15) is 0 Å². The highest BCUT2D eigenvalue weighted by atomic mass is 32.1. The van der Waals surface area contributed by atoms with Crippen LogP contribution in [0.3, 0.4) is 0 Å². The lowest BCUT2D eigenvalue weighted by Crippen LogP contribution is -2.37. The minimum atomic E-state index is 0.168. The molecule has 0 aliphatic carbocycles. The third-order valence-corrected chi connectivity index (χ3v) is 4.32. The van der Waals surface area contributed by atoms with Crippen LogP contribution in [0.4, 0.5) is 0 Å². The van der Waals surface area contributed by atoms with Crippen LogP contribution in [-0.2, 0) is 17.9 Å². The smallest absolute Gasteiger partial charge is 0.236 e. The van der Waals surface area contributed by atoms with Gasteiger partial charge in [0, 0.05) is 18.5 Å². The zero-order valence-corrected chi connectivity index (χ0v) is 13.5. The Kier molecular flexibility index (Phi) is 5.96. The Morgan fingerprint density at radius 3 is 2.48 bits per heavy atom. The molecule has 0 N–H and O–H groups in total. The van der Waals surface area contributed by atoms with E-state index in [1.54, 1.807) is 16.2 Å². The van der Waals surface area contributed by atoms with Crippen molar-refractivity contribution in [1.82, 2.24) is 9.80 Å². The SMILES string of the molecule is CCN(CC(=O)N(C)Cc1cccs1)Cc1ccccc1. The first kappa shape index (κ1) is 15.7. The maximum atomic E-state index is 12.3. The molecule has 0 bridgehead atoms. The molecule has 0 atom stereocenters. The fraction of sp³-hybridized carbons (Fsp3) is 0.353. The highest BCUT2D eigenvalue weighted by Gasteiger charge is 2.14. The number of hydrogen-bond acceptors (Lipinski definition) is 3. The number of carbonyl (C=O) groups is 1. The Hall–Kier alpha value is -1.65. The van der Waals surface area contributed by atoms with Gasteiger partial charge >= 0.3 is 0 Å². The van der Waals surface area contributed by atoms with Gasteiger partial charge < -0.3 is 4.90 Å². The summed E-state index contributed by atoms with van der Waals surface area (Å²) >= 11 is 1.69. The van der Waals surface area contributed by atoms with E-state index in [0.29, 0.717) is 13.1 Å². The second-order valence-corrected chi connectivity index (χ2v) is 6.15. The molecule has 0 saturated heterocycles. The number of hydrogen-bond donors (Lipinski definition) is 0. The van der Waals surface area contributed by atoms with Crippen LogP contribution >= 0.6 is 11.3 Å². The standard InChI is InChI=1S/C17H22N2OS/c1-3-19(12-15-8-5-4-6-9-15)14-17(20)18(2)13-16-10-7-11-21-16/h4-11H,3,12-14H2,1-2H3. The minimum Gasteiger partial charge on any atom is -0.340 e. The summed E-state index contributed by atoms with van der Waals surface area (Å²) < 4.78 is 0. The third-order valence-electron chi connectivity index (χ3n) is 3.45. The molecular weight excluding hydrogens is 280 g/mol. The van der Waals surface area contributed by atoms with Crippen molar-refractivity contribution in [3.63, 3.8) is 0 Å². The average molecular weight is 302 g/mol. The lowest BCUT2D eigenvalue weighted by molar-refractivity contribution is -0.131. The molecular formula is C17H22N2OS. The van der Waals surface area contributed by atoms with Crippen molar-refractivity contribution >= 4 is 17.2 Å². The molecule has 0 unspecified atom stereocenters. The summed E-state index contributed by atoms with van der Waals surface area (Å²) in [6.07, 6.45) is 0. The highest BCUT2D eigenvalue weighted by molar-refractivity contribution is 7.09. The topological polar surface area (TPSA) is 23.6 Å². The van der Waals surface area contributed by atoms with Crippen LogP contribution in [0, 0.1) is 0 Å². The van der Waals surface area contributed by atoms with Gasteiger partial charge in [-0.15, -0.1) is 11.3 Å². The van der Waals surface area contributed by atoms with Gasteiger partial charge in [-0.05, 0) is 23.6 Å². The number of benzene rings is 1. The summed E-state index contributed by atoms with van der Waals surface area (Å²) in [7, 11) is 1.87. The molecule has 1 heterocycles. The average Bonchev–Trinajstić information content (AvgIpc) is 3.00. The van der Waals surface area contributed by atoms with E-state index in [2.05, 4.69) is 30.0 Å². The normalized spacial score (nSPS) is 10.8. The molecule has 1 aromatic heterocycles. The Bertz CT molecular complexity index is 539. The van der Waals surface area contributed by atoms with Crippen molar-refractivity contribution in [2.24, 2.45) is 0 Å². The zero-order valence-electron chi connectivity index (χ0n) is 12.7. The molecule has 112 valence electrons. The molecule has 21 heavy (non-hydrogen) atoms. The molecule has 4 heteroatoms. The van der Waals surface area contributed by atoms with E-state index >= 15 is 0 Å². The van der Waals surface area contributed by atoms with Crippen LogP contribution in [0.1, 0.15) is 17.4 Å². The Morgan fingerprint density at radius 1 is 1.10 bits per heavy atom. The maximum absolute atomic E-state index is 12.3. The molecule has 0 aliphatic rings. The maximum Gasteiger partial charge on any atom is 0.236 e. The van der Waals surface area contributed by atoms with E-state index in [1.165, 1.54) is 10.4 Å². The molecule has 0 spiro atoms. The summed E-state index contributed by atoms with van der Waals surface area (Å²) in [5.41, 5.74) is 1.24. The second-order valence-electron chi connectivity index (χ2n) is 5.12. The number of rotatable bonds is 7. The van der Waals surface area contributed by atoms with Crippen LogP contribution in [-0.4, -0.2) is 35.8 Å². The van der Waals surface area contributed by atoms with Crippen LogP contribution in [0.15, 0.2) is 47.8 Å². The van der Waals surface area contributed by atoms with E-state index in [1.807, 2.05) is 36.7 Å². The van der Waals surface area contributed by atoms with Gasteiger partial charge in [-0.25, -0.2) is 0 Å². The lowest BCUT2D eigenvalue weighted by Gasteiger charge is -2.23. The summed E-state index contributed by atoms with van der Waals surface area (Å²) in [4.78, 5) is 17.5. The number of thiophene rings is 1. The summed E-state index contributed by atoms with van der Waals surface area (Å²) in [6.45, 7) is 4.94. The largest absolute Gasteiger partial charge is 0.340 e. The Labute approximate surface area is 130 Å². The van der Waals surface area contributed by atoms with Crippen molar-refractivity contribution in [3.8, 4) is 0 Å². The lowest BCUT2D eigenvalue weighted by atomic mass is 10.2. The molecule has 0 saturated carbocycles. The first-order valence-corrected chi connectivity index (χ1v) is 8.09. The van der Waals surface area contributed by atoms with E-state index in [9.17, 15) is 4.79 Å². The van der Waals surface area contributed by atoms with E-state index in [0.717, 1.165) is 13.1 Å². The number of carbonyl (C=O) groups excluding carboxylic acids is 1. The van der Waals surface area contributed by atoms with Gasteiger partial charge in [0.2, 0.25) is 5.91 Å². The number of likely N-dealkylation sites (N-methyl/N-ethyl adjacent to an activating group) is 2. The molecule has 2 aromatic rings. The highest BCUT2D eigenvalue weighted by Crippen LogP contribution is 2.11. The van der Waals surface area contributed by atoms with E-state index in [4.69, 9.17) is 0 Å².